The van der Waals surface area contributed by atoms with E-state index in [2.05, 4.69) is 9.97 Å². The number of pyridine rings is 1. The van der Waals surface area contributed by atoms with Crippen LogP contribution >= 0.6 is 23.1 Å². The molecule has 3 aromatic rings. The minimum atomic E-state index is -4.61. The maximum Gasteiger partial charge on any atom is 0.416 e. The van der Waals surface area contributed by atoms with Gasteiger partial charge in [-0.2, -0.15) is 13.2 Å². The zero-order valence-corrected chi connectivity index (χ0v) is 17.1. The van der Waals surface area contributed by atoms with Gasteiger partial charge in [-0.25, -0.2) is 4.90 Å². The molecule has 158 valence electrons. The van der Waals surface area contributed by atoms with Crippen LogP contribution in [0.4, 0.5) is 18.9 Å². The van der Waals surface area contributed by atoms with E-state index in [1.54, 1.807) is 24.5 Å². The van der Waals surface area contributed by atoms with Gasteiger partial charge >= 0.3 is 11.0 Å². The normalized spacial score (nSPS) is 23.1. The van der Waals surface area contributed by atoms with E-state index in [9.17, 15) is 27.6 Å². The molecule has 2 amide bonds. The van der Waals surface area contributed by atoms with Crippen molar-refractivity contribution >= 4 is 40.6 Å². The molecular weight excluding hydrogens is 451 g/mol. The zero-order chi connectivity index (χ0) is 21.9. The van der Waals surface area contributed by atoms with Crippen LogP contribution in [0.5, 0.6) is 0 Å². The molecule has 0 unspecified atom stereocenters. The van der Waals surface area contributed by atoms with Crippen molar-refractivity contribution in [2.24, 2.45) is 5.92 Å². The fraction of sp³-hybridized carbons (Fsp3) is 0.200. The molecule has 11 heteroatoms. The summed E-state index contributed by atoms with van der Waals surface area (Å²) in [7, 11) is 0. The van der Waals surface area contributed by atoms with Crippen LogP contribution in [0.2, 0.25) is 0 Å². The maximum atomic E-state index is 13.4. The topological polar surface area (TPSA) is 83.1 Å². The first-order valence-corrected chi connectivity index (χ1v) is 10.8. The van der Waals surface area contributed by atoms with Crippen LogP contribution in [-0.2, 0) is 15.8 Å². The summed E-state index contributed by atoms with van der Waals surface area (Å²) in [5, 5.41) is -0.373. The van der Waals surface area contributed by atoms with Crippen molar-refractivity contribution in [3.8, 4) is 0 Å². The monoisotopic (exact) mass is 463 g/mol. The van der Waals surface area contributed by atoms with Gasteiger partial charge in [-0.3, -0.25) is 19.4 Å². The number of thiazole rings is 1. The molecule has 0 bridgehead atoms. The number of aromatic nitrogens is 2. The second-order valence-electron chi connectivity index (χ2n) is 7.10. The summed E-state index contributed by atoms with van der Waals surface area (Å²) < 4.78 is 39.5. The van der Waals surface area contributed by atoms with Gasteiger partial charge in [0, 0.05) is 23.2 Å². The summed E-state index contributed by atoms with van der Waals surface area (Å²) in [4.78, 5) is 46.5. The number of nitrogens with zero attached hydrogens (tertiary/aromatic N) is 2. The van der Waals surface area contributed by atoms with E-state index in [1.165, 1.54) is 12.1 Å². The van der Waals surface area contributed by atoms with E-state index in [0.717, 1.165) is 40.1 Å². The largest absolute Gasteiger partial charge is 0.416 e. The quantitative estimate of drug-likeness (QED) is 0.587. The van der Waals surface area contributed by atoms with Gasteiger partial charge in [-0.15, -0.1) is 0 Å². The van der Waals surface area contributed by atoms with Crippen molar-refractivity contribution < 1.29 is 22.8 Å². The SMILES string of the molecule is O=C1[C@H]2[C@H](c3cccnc3)c3sc(=O)[nH]c3S[C@H]2C(=O)N1c1cccc(C(F)(F)F)c1. The van der Waals surface area contributed by atoms with Crippen LogP contribution in [0.3, 0.4) is 0 Å². The summed E-state index contributed by atoms with van der Waals surface area (Å²) >= 11 is 2.02. The minimum Gasteiger partial charge on any atom is -0.307 e. The standard InChI is InChI=1S/C20H12F3N3O3S2/c21-20(22,23)10-4-1-5-11(7-10)26-17(27)13-12(9-3-2-6-24-8-9)14-16(25-19(29)31-14)30-15(13)18(26)28/h1-8,12-13,15H,(H,25,29)/t12-,13-,15+/m0/s1. The lowest BCUT2D eigenvalue weighted by Crippen LogP contribution is -2.32. The highest BCUT2D eigenvalue weighted by molar-refractivity contribution is 8.00. The number of carbonyl (C=O) groups is 2. The number of fused-ring (bicyclic) bond motifs is 2. The summed E-state index contributed by atoms with van der Waals surface area (Å²) in [6.07, 6.45) is -1.47. The van der Waals surface area contributed by atoms with Crippen molar-refractivity contribution in [2.75, 3.05) is 4.90 Å². The smallest absolute Gasteiger partial charge is 0.307 e. The number of benzene rings is 1. The van der Waals surface area contributed by atoms with Crippen molar-refractivity contribution in [3.63, 3.8) is 0 Å². The van der Waals surface area contributed by atoms with E-state index in [1.807, 2.05) is 0 Å². The summed E-state index contributed by atoms with van der Waals surface area (Å²) in [6, 6.07) is 7.60. The lowest BCUT2D eigenvalue weighted by molar-refractivity contribution is -0.137. The van der Waals surface area contributed by atoms with E-state index in [-0.39, 0.29) is 10.6 Å². The third kappa shape index (κ3) is 3.19. The Morgan fingerprint density at radius 1 is 1.06 bits per heavy atom. The Morgan fingerprint density at radius 2 is 1.87 bits per heavy atom. The molecule has 2 aromatic heterocycles. The third-order valence-electron chi connectivity index (χ3n) is 5.30. The molecule has 0 spiro atoms. The number of carbonyl (C=O) groups excluding carboxylic acids is 2. The summed E-state index contributed by atoms with van der Waals surface area (Å²) in [5.41, 5.74) is -0.414. The molecule has 4 heterocycles. The molecule has 3 atom stereocenters. The third-order valence-corrected chi connectivity index (χ3v) is 7.70. The van der Waals surface area contributed by atoms with E-state index < -0.39 is 40.6 Å². The van der Waals surface area contributed by atoms with Gasteiger partial charge < -0.3 is 4.98 Å². The van der Waals surface area contributed by atoms with Gasteiger partial charge in [0.05, 0.1) is 22.2 Å². The number of imide groups is 1. The highest BCUT2D eigenvalue weighted by atomic mass is 32.2. The molecule has 31 heavy (non-hydrogen) atoms. The molecule has 1 aromatic carbocycles. The number of aromatic amines is 1. The second kappa shape index (κ2) is 7.06. The van der Waals surface area contributed by atoms with E-state index in [0.29, 0.717) is 15.5 Å². The van der Waals surface area contributed by atoms with Crippen LogP contribution in [-0.4, -0.2) is 27.0 Å². The molecule has 2 aliphatic heterocycles. The van der Waals surface area contributed by atoms with Crippen molar-refractivity contribution in [2.45, 2.75) is 22.4 Å². The maximum absolute atomic E-state index is 13.4. The number of alkyl halides is 3. The number of amides is 2. The van der Waals surface area contributed by atoms with Gasteiger partial charge in [0.1, 0.15) is 5.25 Å². The molecule has 0 aliphatic carbocycles. The van der Waals surface area contributed by atoms with Gasteiger partial charge in [-0.05, 0) is 29.8 Å². The van der Waals surface area contributed by atoms with Crippen molar-refractivity contribution in [1.82, 2.24) is 9.97 Å². The Bertz CT molecular complexity index is 1260. The molecule has 1 fully saturated rings. The van der Waals surface area contributed by atoms with Crippen LogP contribution in [0.25, 0.3) is 0 Å². The predicted molar refractivity (Wildman–Crippen MR) is 108 cm³/mol. The molecular formula is C20H12F3N3O3S2. The van der Waals surface area contributed by atoms with Gasteiger partial charge in [0.25, 0.3) is 0 Å². The Labute approximate surface area is 181 Å². The molecule has 6 nitrogen and oxygen atoms in total. The van der Waals surface area contributed by atoms with E-state index >= 15 is 0 Å². The van der Waals surface area contributed by atoms with Crippen LogP contribution in [0.15, 0.2) is 58.6 Å². The molecule has 2 aliphatic rings. The number of thioether (sulfide) groups is 1. The molecule has 0 saturated carbocycles. The highest BCUT2D eigenvalue weighted by Crippen LogP contribution is 2.53. The first kappa shape index (κ1) is 20.0. The minimum absolute atomic E-state index is 0.124. The number of rotatable bonds is 2. The fourth-order valence-corrected chi connectivity index (χ4v) is 6.53. The van der Waals surface area contributed by atoms with Gasteiger partial charge in [-0.1, -0.05) is 35.2 Å². The number of nitrogens with one attached hydrogen (secondary N) is 1. The lowest BCUT2D eigenvalue weighted by Gasteiger charge is -2.29. The number of anilines is 1. The number of halogens is 3. The van der Waals surface area contributed by atoms with Gasteiger partial charge in [0.2, 0.25) is 11.8 Å². The average molecular weight is 463 g/mol. The molecule has 0 radical (unpaired) electrons. The summed E-state index contributed by atoms with van der Waals surface area (Å²) in [5.74, 6) is -2.67. The molecule has 1 saturated heterocycles. The Morgan fingerprint density at radius 3 is 2.58 bits per heavy atom. The number of hydrogen-bond acceptors (Lipinski definition) is 6. The predicted octanol–water partition coefficient (Wildman–Crippen LogP) is 3.65. The molecule has 5 rings (SSSR count). The lowest BCUT2D eigenvalue weighted by atomic mass is 9.84. The fourth-order valence-electron chi connectivity index (χ4n) is 4.01. The van der Waals surface area contributed by atoms with Crippen LogP contribution in [0.1, 0.15) is 21.9 Å². The first-order valence-electron chi connectivity index (χ1n) is 9.10. The first-order chi connectivity index (χ1) is 14.8. The summed E-state index contributed by atoms with van der Waals surface area (Å²) in [6.45, 7) is 0. The average Bonchev–Trinajstić information content (AvgIpc) is 3.23. The van der Waals surface area contributed by atoms with E-state index in [4.69, 9.17) is 0 Å². The Balaban J connectivity index is 1.62. The van der Waals surface area contributed by atoms with Crippen molar-refractivity contribution in [1.29, 1.82) is 0 Å². The zero-order valence-electron chi connectivity index (χ0n) is 15.4. The Hall–Kier alpha value is -2.92. The Kier molecular flexibility index (Phi) is 4.56. The molecule has 1 N–H and O–H groups in total. The van der Waals surface area contributed by atoms with Crippen LogP contribution in [0, 0.1) is 5.92 Å². The van der Waals surface area contributed by atoms with Crippen LogP contribution < -0.4 is 9.77 Å². The second-order valence-corrected chi connectivity index (χ2v) is 9.26. The van der Waals surface area contributed by atoms with Gasteiger partial charge in [0.15, 0.2) is 0 Å². The number of hydrogen-bond donors (Lipinski definition) is 1. The number of H-pyrrole nitrogens is 1. The van der Waals surface area contributed by atoms with Crippen molar-refractivity contribution in [3.05, 3.63) is 74.5 Å². The highest BCUT2D eigenvalue weighted by Gasteiger charge is 2.56.